The van der Waals surface area contributed by atoms with Crippen LogP contribution in [0.25, 0.3) is 0 Å². The second-order valence-electron chi connectivity index (χ2n) is 5.83. The molecule has 1 aliphatic heterocycles. The van der Waals surface area contributed by atoms with Crippen LogP contribution < -0.4 is 5.32 Å². The summed E-state index contributed by atoms with van der Waals surface area (Å²) in [5.74, 6) is 0.634. The number of rotatable bonds is 1. The smallest absolute Gasteiger partial charge is 0.248 e. The Morgan fingerprint density at radius 1 is 1.18 bits per heavy atom. The lowest BCUT2D eigenvalue weighted by Crippen LogP contribution is -2.70. The molecule has 0 aromatic carbocycles. The van der Waals surface area contributed by atoms with Gasteiger partial charge < -0.3 is 10.2 Å². The molecule has 3 rings (SSSR count). The Balaban J connectivity index is 1.85. The summed E-state index contributed by atoms with van der Waals surface area (Å²) in [6.45, 7) is 0. The van der Waals surface area contributed by atoms with Crippen molar-refractivity contribution in [1.29, 1.82) is 0 Å². The molecule has 4 heteroatoms. The highest BCUT2D eigenvalue weighted by Crippen LogP contribution is 2.40. The first kappa shape index (κ1) is 11.1. The predicted octanol–water partition coefficient (Wildman–Crippen LogP) is 1.06. The number of nitrogens with zero attached hydrogens (tertiary/aromatic N) is 1. The van der Waals surface area contributed by atoms with E-state index in [1.165, 1.54) is 6.42 Å². The minimum Gasteiger partial charge on any atom is -0.340 e. The second kappa shape index (κ2) is 3.72. The van der Waals surface area contributed by atoms with Crippen LogP contribution in [0.1, 0.15) is 44.9 Å². The minimum absolute atomic E-state index is 0.0801. The average molecular weight is 236 g/mol. The first-order chi connectivity index (χ1) is 8.14. The number of piperazine rings is 1. The van der Waals surface area contributed by atoms with Gasteiger partial charge in [0.15, 0.2) is 0 Å². The number of hydrogen-bond donors (Lipinski definition) is 1. The van der Waals surface area contributed by atoms with Gasteiger partial charge in [-0.15, -0.1) is 0 Å². The molecular formula is C13H20N2O2. The zero-order valence-electron chi connectivity index (χ0n) is 10.4. The first-order valence-corrected chi connectivity index (χ1v) is 6.73. The molecule has 0 aromatic heterocycles. The fourth-order valence-electron chi connectivity index (χ4n) is 3.44. The van der Waals surface area contributed by atoms with Crippen molar-refractivity contribution in [2.24, 2.45) is 5.92 Å². The van der Waals surface area contributed by atoms with Crippen LogP contribution in [0.3, 0.4) is 0 Å². The molecule has 1 saturated heterocycles. The number of hydrogen-bond acceptors (Lipinski definition) is 2. The van der Waals surface area contributed by atoms with E-state index in [4.69, 9.17) is 0 Å². The molecule has 1 N–H and O–H groups in total. The summed E-state index contributed by atoms with van der Waals surface area (Å²) in [5, 5.41) is 3.05. The Bertz CT molecular complexity index is 356. The molecule has 94 valence electrons. The normalized spacial score (nSPS) is 32.8. The number of likely N-dealkylation sites (N-methyl/N-ethyl adjacent to an activating group) is 1. The highest BCUT2D eigenvalue weighted by atomic mass is 16.2. The van der Waals surface area contributed by atoms with E-state index in [1.807, 2.05) is 0 Å². The Kier molecular flexibility index (Phi) is 2.42. The Morgan fingerprint density at radius 2 is 1.82 bits per heavy atom. The van der Waals surface area contributed by atoms with Crippen molar-refractivity contribution in [2.75, 3.05) is 7.05 Å². The van der Waals surface area contributed by atoms with E-state index >= 15 is 0 Å². The maximum atomic E-state index is 12.5. The fraction of sp³-hybridized carbons (Fsp3) is 0.846. The molecule has 3 fully saturated rings. The van der Waals surface area contributed by atoms with E-state index in [2.05, 4.69) is 5.32 Å². The lowest BCUT2D eigenvalue weighted by molar-refractivity contribution is -0.155. The lowest BCUT2D eigenvalue weighted by atomic mass is 9.78. The molecule has 17 heavy (non-hydrogen) atoms. The number of carbonyl (C=O) groups excluding carboxylic acids is 2. The summed E-state index contributed by atoms with van der Waals surface area (Å²) in [7, 11) is 1.81. The molecule has 2 aliphatic carbocycles. The SMILES string of the molecule is CN1C(=O)C2(CCCCC2)NC(=O)C1C1CC1. The molecule has 1 spiro atoms. The summed E-state index contributed by atoms with van der Waals surface area (Å²) in [5.41, 5.74) is -0.560. The van der Waals surface area contributed by atoms with Gasteiger partial charge in [0.2, 0.25) is 11.8 Å². The largest absolute Gasteiger partial charge is 0.340 e. The summed E-state index contributed by atoms with van der Waals surface area (Å²) in [6, 6.07) is -0.199. The van der Waals surface area contributed by atoms with E-state index < -0.39 is 5.54 Å². The van der Waals surface area contributed by atoms with Crippen LogP contribution in [-0.2, 0) is 9.59 Å². The highest BCUT2D eigenvalue weighted by Gasteiger charge is 2.53. The third kappa shape index (κ3) is 1.65. The maximum absolute atomic E-state index is 12.5. The second-order valence-corrected chi connectivity index (χ2v) is 5.83. The predicted molar refractivity (Wildman–Crippen MR) is 63.2 cm³/mol. The van der Waals surface area contributed by atoms with Gasteiger partial charge in [0.25, 0.3) is 0 Å². The molecule has 4 nitrogen and oxygen atoms in total. The van der Waals surface area contributed by atoms with Crippen LogP contribution in [-0.4, -0.2) is 35.3 Å². The van der Waals surface area contributed by atoms with Crippen molar-refractivity contribution in [2.45, 2.75) is 56.5 Å². The number of amides is 2. The molecule has 0 bridgehead atoms. The van der Waals surface area contributed by atoms with Gasteiger partial charge in [0, 0.05) is 7.05 Å². The molecule has 1 heterocycles. The van der Waals surface area contributed by atoms with Gasteiger partial charge in [-0.05, 0) is 31.6 Å². The Hall–Kier alpha value is -1.06. The molecule has 0 aromatic rings. The van der Waals surface area contributed by atoms with E-state index in [0.717, 1.165) is 38.5 Å². The lowest BCUT2D eigenvalue weighted by Gasteiger charge is -2.46. The topological polar surface area (TPSA) is 49.4 Å². The van der Waals surface area contributed by atoms with Crippen molar-refractivity contribution in [3.05, 3.63) is 0 Å². The molecule has 2 amide bonds. The van der Waals surface area contributed by atoms with Crippen molar-refractivity contribution in [3.63, 3.8) is 0 Å². The van der Waals surface area contributed by atoms with Crippen molar-refractivity contribution in [1.82, 2.24) is 10.2 Å². The van der Waals surface area contributed by atoms with Crippen molar-refractivity contribution in [3.8, 4) is 0 Å². The van der Waals surface area contributed by atoms with Crippen molar-refractivity contribution >= 4 is 11.8 Å². The van der Waals surface area contributed by atoms with Crippen LogP contribution in [0, 0.1) is 5.92 Å². The quantitative estimate of drug-likeness (QED) is 0.740. The third-order valence-corrected chi connectivity index (χ3v) is 4.55. The number of carbonyl (C=O) groups is 2. The first-order valence-electron chi connectivity index (χ1n) is 6.73. The van der Waals surface area contributed by atoms with Crippen LogP contribution in [0.4, 0.5) is 0 Å². The van der Waals surface area contributed by atoms with Gasteiger partial charge in [0.1, 0.15) is 11.6 Å². The number of nitrogens with one attached hydrogen (secondary N) is 1. The Labute approximate surface area is 102 Å². The van der Waals surface area contributed by atoms with Crippen LogP contribution in [0.2, 0.25) is 0 Å². The summed E-state index contributed by atoms with van der Waals surface area (Å²) in [6.07, 6.45) is 7.09. The standard InChI is InChI=1S/C13H20N2O2/c1-15-10(9-5-6-9)11(16)14-13(12(15)17)7-3-2-4-8-13/h9-10H,2-8H2,1H3,(H,14,16). The van der Waals surface area contributed by atoms with E-state index in [0.29, 0.717) is 5.92 Å². The molecule has 3 aliphatic rings. The maximum Gasteiger partial charge on any atom is 0.248 e. The minimum atomic E-state index is -0.560. The van der Waals surface area contributed by atoms with Gasteiger partial charge in [-0.3, -0.25) is 9.59 Å². The van der Waals surface area contributed by atoms with Gasteiger partial charge in [-0.1, -0.05) is 19.3 Å². The van der Waals surface area contributed by atoms with Crippen LogP contribution in [0.15, 0.2) is 0 Å². The fourth-order valence-corrected chi connectivity index (χ4v) is 3.44. The zero-order chi connectivity index (χ0) is 12.0. The average Bonchev–Trinajstić information content (AvgIpc) is 3.12. The summed E-state index contributed by atoms with van der Waals surface area (Å²) < 4.78 is 0. The molecular weight excluding hydrogens is 216 g/mol. The monoisotopic (exact) mass is 236 g/mol. The van der Waals surface area contributed by atoms with Gasteiger partial charge in [-0.25, -0.2) is 0 Å². The van der Waals surface area contributed by atoms with Crippen LogP contribution >= 0.6 is 0 Å². The van der Waals surface area contributed by atoms with Gasteiger partial charge in [-0.2, -0.15) is 0 Å². The molecule has 2 saturated carbocycles. The van der Waals surface area contributed by atoms with Crippen LogP contribution in [0.5, 0.6) is 0 Å². The van der Waals surface area contributed by atoms with Gasteiger partial charge in [0.05, 0.1) is 0 Å². The molecule has 1 atom stereocenters. The zero-order valence-corrected chi connectivity index (χ0v) is 10.4. The van der Waals surface area contributed by atoms with Gasteiger partial charge >= 0.3 is 0 Å². The highest BCUT2D eigenvalue weighted by molar-refractivity contribution is 6.00. The summed E-state index contributed by atoms with van der Waals surface area (Å²) >= 11 is 0. The van der Waals surface area contributed by atoms with E-state index in [1.54, 1.807) is 11.9 Å². The Morgan fingerprint density at radius 3 is 2.41 bits per heavy atom. The van der Waals surface area contributed by atoms with Crippen molar-refractivity contribution < 1.29 is 9.59 Å². The molecule has 1 unspecified atom stereocenters. The molecule has 0 radical (unpaired) electrons. The third-order valence-electron chi connectivity index (χ3n) is 4.55. The van der Waals surface area contributed by atoms with E-state index in [9.17, 15) is 9.59 Å². The summed E-state index contributed by atoms with van der Waals surface area (Å²) in [4.78, 5) is 26.4. The van der Waals surface area contributed by atoms with E-state index in [-0.39, 0.29) is 17.9 Å².